The summed E-state index contributed by atoms with van der Waals surface area (Å²) < 4.78 is 0. The molecule has 0 unspecified atom stereocenters. The second-order valence-corrected chi connectivity index (χ2v) is 7.78. The van der Waals surface area contributed by atoms with E-state index < -0.39 is 0 Å². The van der Waals surface area contributed by atoms with Crippen LogP contribution in [-0.4, -0.2) is 16.8 Å². The molecule has 0 bridgehead atoms. The van der Waals surface area contributed by atoms with Crippen LogP contribution in [-0.2, 0) is 0 Å². The van der Waals surface area contributed by atoms with Crippen molar-refractivity contribution in [2.45, 2.75) is 0 Å². The molecule has 0 saturated carbocycles. The number of hydrogen-bond acceptors (Lipinski definition) is 4. The number of carbonyl (C=O) groups excluding carboxylic acids is 2. The van der Waals surface area contributed by atoms with Crippen LogP contribution in [0.25, 0.3) is 11.3 Å². The summed E-state index contributed by atoms with van der Waals surface area (Å²) in [7, 11) is 0. The Kier molecular flexibility index (Phi) is 5.88. The predicted molar refractivity (Wildman–Crippen MR) is 121 cm³/mol. The lowest BCUT2D eigenvalue weighted by Gasteiger charge is -2.05. The standard InChI is InChI=1S/C23H16ClN3O2S/c24-18-13-11-17(12-14-18)21(29)27-23-25-19(15-7-3-1-4-8-15)22(30-23)26-20(28)16-9-5-2-6-10-16/h1-14H,(H,26,28)(H,25,27,29). The summed E-state index contributed by atoms with van der Waals surface area (Å²) in [5.41, 5.74) is 2.43. The van der Waals surface area contributed by atoms with Gasteiger partial charge in [0.15, 0.2) is 5.13 Å². The molecule has 0 spiro atoms. The number of rotatable bonds is 5. The topological polar surface area (TPSA) is 71.1 Å². The summed E-state index contributed by atoms with van der Waals surface area (Å²) >= 11 is 7.09. The zero-order valence-corrected chi connectivity index (χ0v) is 17.2. The first kappa shape index (κ1) is 19.8. The molecule has 0 saturated heterocycles. The highest BCUT2D eigenvalue weighted by Gasteiger charge is 2.18. The number of thiazole rings is 1. The minimum atomic E-state index is -0.305. The van der Waals surface area contributed by atoms with Crippen LogP contribution in [0.4, 0.5) is 10.1 Å². The SMILES string of the molecule is O=C(Nc1nc(-c2ccccc2)c(NC(=O)c2ccccc2)s1)c1ccc(Cl)cc1. The van der Waals surface area contributed by atoms with Gasteiger partial charge in [0.2, 0.25) is 0 Å². The summed E-state index contributed by atoms with van der Waals surface area (Å²) in [6, 6.07) is 25.0. The lowest BCUT2D eigenvalue weighted by atomic mass is 10.1. The Morgan fingerprint density at radius 2 is 1.30 bits per heavy atom. The lowest BCUT2D eigenvalue weighted by molar-refractivity contribution is 0.101. The van der Waals surface area contributed by atoms with E-state index in [0.717, 1.165) is 5.56 Å². The first-order valence-corrected chi connectivity index (χ1v) is 10.3. The normalized spacial score (nSPS) is 10.4. The summed E-state index contributed by atoms with van der Waals surface area (Å²) in [5, 5.41) is 7.21. The number of nitrogens with one attached hydrogen (secondary N) is 2. The van der Waals surface area contributed by atoms with Crippen LogP contribution >= 0.6 is 22.9 Å². The number of carbonyl (C=O) groups is 2. The molecule has 1 aromatic heterocycles. The number of benzene rings is 3. The van der Waals surface area contributed by atoms with Gasteiger partial charge in [-0.15, -0.1) is 0 Å². The van der Waals surface area contributed by atoms with Gasteiger partial charge in [-0.25, -0.2) is 4.98 Å². The molecule has 2 amide bonds. The van der Waals surface area contributed by atoms with Crippen molar-refractivity contribution in [1.29, 1.82) is 0 Å². The van der Waals surface area contributed by atoms with E-state index in [4.69, 9.17) is 11.6 Å². The van der Waals surface area contributed by atoms with Gasteiger partial charge in [0.1, 0.15) is 10.7 Å². The van der Waals surface area contributed by atoms with Gasteiger partial charge >= 0.3 is 0 Å². The van der Waals surface area contributed by atoms with Crippen LogP contribution in [0.15, 0.2) is 84.9 Å². The molecular weight excluding hydrogens is 418 g/mol. The Bertz CT molecular complexity index is 1180. The molecule has 0 radical (unpaired) electrons. The van der Waals surface area contributed by atoms with E-state index in [1.807, 2.05) is 36.4 Å². The molecule has 4 rings (SSSR count). The third-order valence-electron chi connectivity index (χ3n) is 4.26. The molecule has 1 heterocycles. The highest BCUT2D eigenvalue weighted by molar-refractivity contribution is 7.20. The summed E-state index contributed by atoms with van der Waals surface area (Å²) in [6.45, 7) is 0. The van der Waals surface area contributed by atoms with Crippen molar-refractivity contribution in [3.05, 3.63) is 101 Å². The summed E-state index contributed by atoms with van der Waals surface area (Å²) in [4.78, 5) is 29.8. The molecular formula is C23H16ClN3O2S. The van der Waals surface area contributed by atoms with Crippen LogP contribution in [0.1, 0.15) is 20.7 Å². The molecule has 148 valence electrons. The molecule has 3 aromatic carbocycles. The molecule has 30 heavy (non-hydrogen) atoms. The second-order valence-electron chi connectivity index (χ2n) is 6.34. The van der Waals surface area contributed by atoms with Crippen LogP contribution in [0.3, 0.4) is 0 Å². The van der Waals surface area contributed by atoms with E-state index in [1.54, 1.807) is 48.5 Å². The monoisotopic (exact) mass is 433 g/mol. The number of hydrogen-bond donors (Lipinski definition) is 2. The molecule has 5 nitrogen and oxygen atoms in total. The largest absolute Gasteiger partial charge is 0.312 e. The zero-order valence-electron chi connectivity index (χ0n) is 15.6. The maximum atomic E-state index is 12.7. The fourth-order valence-electron chi connectivity index (χ4n) is 2.79. The average molecular weight is 434 g/mol. The van der Waals surface area contributed by atoms with Crippen molar-refractivity contribution in [1.82, 2.24) is 4.98 Å². The van der Waals surface area contributed by atoms with Gasteiger partial charge in [0, 0.05) is 21.7 Å². The maximum Gasteiger partial charge on any atom is 0.257 e. The van der Waals surface area contributed by atoms with Crippen LogP contribution in [0.5, 0.6) is 0 Å². The Balaban J connectivity index is 1.63. The third kappa shape index (κ3) is 4.56. The Morgan fingerprint density at radius 3 is 1.97 bits per heavy atom. The van der Waals surface area contributed by atoms with Crippen molar-refractivity contribution in [2.24, 2.45) is 0 Å². The minimum Gasteiger partial charge on any atom is -0.312 e. The number of amides is 2. The average Bonchev–Trinajstić information content (AvgIpc) is 3.17. The summed E-state index contributed by atoms with van der Waals surface area (Å²) in [5.74, 6) is -0.548. The quantitative estimate of drug-likeness (QED) is 0.407. The molecule has 0 atom stereocenters. The van der Waals surface area contributed by atoms with Crippen LogP contribution < -0.4 is 10.6 Å². The fraction of sp³-hybridized carbons (Fsp3) is 0. The molecule has 0 aliphatic carbocycles. The predicted octanol–water partition coefficient (Wildman–Crippen LogP) is 5.97. The molecule has 4 aromatic rings. The van der Waals surface area contributed by atoms with Crippen molar-refractivity contribution in [2.75, 3.05) is 10.6 Å². The Morgan fingerprint density at radius 1 is 0.733 bits per heavy atom. The zero-order chi connectivity index (χ0) is 20.9. The summed E-state index contributed by atoms with van der Waals surface area (Å²) in [6.07, 6.45) is 0. The van der Waals surface area contributed by atoms with Crippen molar-refractivity contribution < 1.29 is 9.59 Å². The van der Waals surface area contributed by atoms with E-state index in [0.29, 0.717) is 32.0 Å². The first-order valence-electron chi connectivity index (χ1n) is 9.10. The van der Waals surface area contributed by atoms with Gasteiger partial charge in [0.25, 0.3) is 11.8 Å². The maximum absolute atomic E-state index is 12.7. The molecule has 7 heteroatoms. The number of aromatic nitrogens is 1. The van der Waals surface area contributed by atoms with Gasteiger partial charge in [-0.2, -0.15) is 0 Å². The van der Waals surface area contributed by atoms with Crippen molar-refractivity contribution >= 4 is 44.9 Å². The lowest BCUT2D eigenvalue weighted by Crippen LogP contribution is -2.11. The molecule has 0 fully saturated rings. The highest BCUT2D eigenvalue weighted by Crippen LogP contribution is 2.36. The number of nitrogens with zero attached hydrogens (tertiary/aromatic N) is 1. The third-order valence-corrected chi connectivity index (χ3v) is 5.40. The van der Waals surface area contributed by atoms with Gasteiger partial charge in [-0.3, -0.25) is 14.9 Å². The molecule has 2 N–H and O–H groups in total. The fourth-order valence-corrected chi connectivity index (χ4v) is 3.79. The van der Waals surface area contributed by atoms with Gasteiger partial charge < -0.3 is 5.32 Å². The second kappa shape index (κ2) is 8.90. The van der Waals surface area contributed by atoms with E-state index in [2.05, 4.69) is 15.6 Å². The van der Waals surface area contributed by atoms with E-state index in [1.165, 1.54) is 11.3 Å². The number of anilines is 2. The minimum absolute atomic E-state index is 0.244. The van der Waals surface area contributed by atoms with E-state index in [9.17, 15) is 9.59 Å². The van der Waals surface area contributed by atoms with Crippen molar-refractivity contribution in [3.8, 4) is 11.3 Å². The van der Waals surface area contributed by atoms with Crippen molar-refractivity contribution in [3.63, 3.8) is 0 Å². The Labute approximate surface area is 182 Å². The van der Waals surface area contributed by atoms with Crippen LogP contribution in [0.2, 0.25) is 5.02 Å². The first-order chi connectivity index (χ1) is 14.6. The van der Waals surface area contributed by atoms with Gasteiger partial charge in [-0.05, 0) is 36.4 Å². The number of halogens is 1. The van der Waals surface area contributed by atoms with Gasteiger partial charge in [-0.1, -0.05) is 71.5 Å². The van der Waals surface area contributed by atoms with E-state index >= 15 is 0 Å². The van der Waals surface area contributed by atoms with Gasteiger partial charge in [0.05, 0.1) is 0 Å². The highest BCUT2D eigenvalue weighted by atomic mass is 35.5. The smallest absolute Gasteiger partial charge is 0.257 e. The Hall–Kier alpha value is -3.48. The molecule has 0 aliphatic rings. The van der Waals surface area contributed by atoms with E-state index in [-0.39, 0.29) is 11.8 Å². The van der Waals surface area contributed by atoms with Crippen LogP contribution in [0, 0.1) is 0 Å². The molecule has 0 aliphatic heterocycles.